The van der Waals surface area contributed by atoms with Crippen LogP contribution in [0.2, 0.25) is 0 Å². The first-order valence-corrected chi connectivity index (χ1v) is 17.8. The summed E-state index contributed by atoms with van der Waals surface area (Å²) in [6.45, 7) is 5.07. The average molecular weight is 581 g/mol. The van der Waals surface area contributed by atoms with Crippen LogP contribution in [0.3, 0.4) is 0 Å². The molecule has 3 N–H and O–H groups in total. The van der Waals surface area contributed by atoms with Gasteiger partial charge < -0.3 is 15.7 Å². The van der Waals surface area contributed by atoms with Crippen molar-refractivity contribution >= 4 is 17.8 Å². The molecule has 242 valence electrons. The molecular formula is C35H68N2O4. The second-order valence-electron chi connectivity index (χ2n) is 12.2. The van der Waals surface area contributed by atoms with Gasteiger partial charge in [-0.3, -0.25) is 14.4 Å². The van der Waals surface area contributed by atoms with Crippen molar-refractivity contribution in [2.24, 2.45) is 0 Å². The number of amides is 2. The lowest BCUT2D eigenvalue weighted by Gasteiger charge is -2.18. The zero-order valence-corrected chi connectivity index (χ0v) is 27.3. The first-order chi connectivity index (χ1) is 20.0. The molecule has 1 unspecified atom stereocenters. The van der Waals surface area contributed by atoms with Crippen LogP contribution < -0.4 is 10.6 Å². The van der Waals surface area contributed by atoms with Crippen LogP contribution in [0.4, 0.5) is 0 Å². The highest BCUT2D eigenvalue weighted by atomic mass is 16.4. The highest BCUT2D eigenvalue weighted by Gasteiger charge is 2.21. The van der Waals surface area contributed by atoms with Gasteiger partial charge in [-0.2, -0.15) is 0 Å². The van der Waals surface area contributed by atoms with Crippen LogP contribution >= 0.6 is 0 Å². The zero-order chi connectivity index (χ0) is 30.2. The van der Waals surface area contributed by atoms with Gasteiger partial charge >= 0.3 is 5.97 Å². The number of carbonyl (C=O) groups is 3. The van der Waals surface area contributed by atoms with E-state index in [1.807, 2.05) is 0 Å². The Balaban J connectivity index is 3.83. The van der Waals surface area contributed by atoms with Gasteiger partial charge in [-0.25, -0.2) is 0 Å². The monoisotopic (exact) mass is 581 g/mol. The largest absolute Gasteiger partial charge is 0.481 e. The Labute approximate surface area is 254 Å². The lowest BCUT2D eigenvalue weighted by atomic mass is 10.0. The Morgan fingerprint density at radius 3 is 1.27 bits per heavy atom. The maximum absolute atomic E-state index is 12.7. The van der Waals surface area contributed by atoms with E-state index in [0.717, 1.165) is 32.1 Å². The first-order valence-electron chi connectivity index (χ1n) is 17.8. The molecule has 0 fully saturated rings. The molecule has 41 heavy (non-hydrogen) atoms. The van der Waals surface area contributed by atoms with Crippen LogP contribution in [0.15, 0.2) is 0 Å². The predicted octanol–water partition coefficient (Wildman–Crippen LogP) is 9.63. The summed E-state index contributed by atoms with van der Waals surface area (Å²) in [5.41, 5.74) is 0. The van der Waals surface area contributed by atoms with Gasteiger partial charge in [0.25, 0.3) is 0 Å². The van der Waals surface area contributed by atoms with Crippen LogP contribution in [0.1, 0.15) is 194 Å². The van der Waals surface area contributed by atoms with Crippen molar-refractivity contribution in [1.82, 2.24) is 10.6 Å². The fourth-order valence-corrected chi connectivity index (χ4v) is 5.41. The van der Waals surface area contributed by atoms with Gasteiger partial charge in [-0.1, -0.05) is 162 Å². The van der Waals surface area contributed by atoms with E-state index in [4.69, 9.17) is 5.11 Å². The molecule has 0 bridgehead atoms. The summed E-state index contributed by atoms with van der Waals surface area (Å²) in [4.78, 5) is 36.1. The van der Waals surface area contributed by atoms with Crippen molar-refractivity contribution in [1.29, 1.82) is 0 Å². The molecule has 0 aromatic rings. The summed E-state index contributed by atoms with van der Waals surface area (Å²) in [6.07, 6.45) is 32.0. The lowest BCUT2D eigenvalue weighted by Crippen LogP contribution is -2.47. The summed E-state index contributed by atoms with van der Waals surface area (Å²) in [6, 6.07) is -0.766. The minimum Gasteiger partial charge on any atom is -0.481 e. The number of carboxylic acids is 1. The molecule has 0 rings (SSSR count). The number of aliphatic carboxylic acids is 1. The molecule has 2 amide bonds. The standard InChI is InChI=1S/C35H68N2O4/c1-3-5-7-9-11-13-14-15-16-17-18-19-21-23-25-27-31-36-35(41)32(29-30-34(39)40)37-33(38)28-26-24-22-20-12-10-8-6-4-2/h32H,3-31H2,1-2H3,(H,36,41)(H,37,38)(H,39,40). The number of hydrogen-bond donors (Lipinski definition) is 3. The normalized spacial score (nSPS) is 11.9. The number of nitrogens with one attached hydrogen (secondary N) is 2. The Bertz CT molecular complexity index is 611. The quantitative estimate of drug-likeness (QED) is 0.0690. The molecule has 0 radical (unpaired) electrons. The number of hydrogen-bond acceptors (Lipinski definition) is 3. The summed E-state index contributed by atoms with van der Waals surface area (Å²) >= 11 is 0. The third kappa shape index (κ3) is 29.7. The van der Waals surface area contributed by atoms with Crippen molar-refractivity contribution in [3.05, 3.63) is 0 Å². The first kappa shape index (κ1) is 39.4. The van der Waals surface area contributed by atoms with E-state index in [1.165, 1.54) is 128 Å². The van der Waals surface area contributed by atoms with E-state index in [0.29, 0.717) is 13.0 Å². The molecule has 0 spiro atoms. The van der Waals surface area contributed by atoms with Crippen LogP contribution in [-0.4, -0.2) is 35.5 Å². The maximum Gasteiger partial charge on any atom is 0.303 e. The van der Waals surface area contributed by atoms with E-state index >= 15 is 0 Å². The maximum atomic E-state index is 12.7. The van der Waals surface area contributed by atoms with Crippen LogP contribution in [0.25, 0.3) is 0 Å². The Morgan fingerprint density at radius 2 is 0.878 bits per heavy atom. The minimum atomic E-state index is -0.950. The van der Waals surface area contributed by atoms with Gasteiger partial charge in [0.05, 0.1) is 0 Å². The highest BCUT2D eigenvalue weighted by Crippen LogP contribution is 2.14. The van der Waals surface area contributed by atoms with E-state index in [9.17, 15) is 14.4 Å². The predicted molar refractivity (Wildman–Crippen MR) is 173 cm³/mol. The van der Waals surface area contributed by atoms with Gasteiger partial charge in [0.15, 0.2) is 0 Å². The summed E-state index contributed by atoms with van der Waals surface area (Å²) in [5, 5.41) is 14.8. The third-order valence-corrected chi connectivity index (χ3v) is 8.14. The second-order valence-corrected chi connectivity index (χ2v) is 12.2. The van der Waals surface area contributed by atoms with Crippen molar-refractivity contribution < 1.29 is 19.5 Å². The topological polar surface area (TPSA) is 95.5 Å². The van der Waals surface area contributed by atoms with Gasteiger partial charge in [0.2, 0.25) is 11.8 Å². The van der Waals surface area contributed by atoms with Gasteiger partial charge in [-0.05, 0) is 19.3 Å². The van der Waals surface area contributed by atoms with Gasteiger partial charge in [-0.15, -0.1) is 0 Å². The average Bonchev–Trinajstić information content (AvgIpc) is 2.95. The number of unbranched alkanes of at least 4 members (excludes halogenated alkanes) is 23. The molecule has 0 saturated heterocycles. The summed E-state index contributed by atoms with van der Waals surface area (Å²) in [5.74, 6) is -1.36. The summed E-state index contributed by atoms with van der Waals surface area (Å²) < 4.78 is 0. The molecular weight excluding hydrogens is 512 g/mol. The fourth-order valence-electron chi connectivity index (χ4n) is 5.41. The smallest absolute Gasteiger partial charge is 0.303 e. The van der Waals surface area contributed by atoms with Crippen molar-refractivity contribution in [2.45, 2.75) is 200 Å². The van der Waals surface area contributed by atoms with Crippen LogP contribution in [0.5, 0.6) is 0 Å². The molecule has 0 saturated carbocycles. The second kappa shape index (κ2) is 31.3. The van der Waals surface area contributed by atoms with Gasteiger partial charge in [0.1, 0.15) is 6.04 Å². The number of carbonyl (C=O) groups excluding carboxylic acids is 2. The minimum absolute atomic E-state index is 0.129. The molecule has 6 nitrogen and oxygen atoms in total. The van der Waals surface area contributed by atoms with E-state index < -0.39 is 12.0 Å². The molecule has 0 aromatic heterocycles. The molecule has 1 atom stereocenters. The fraction of sp³-hybridized carbons (Fsp3) is 0.914. The van der Waals surface area contributed by atoms with E-state index in [2.05, 4.69) is 24.5 Å². The van der Waals surface area contributed by atoms with Crippen LogP contribution in [0, 0.1) is 0 Å². The highest BCUT2D eigenvalue weighted by molar-refractivity contribution is 5.87. The van der Waals surface area contributed by atoms with Gasteiger partial charge in [0, 0.05) is 19.4 Å². The number of rotatable bonds is 32. The van der Waals surface area contributed by atoms with Crippen LogP contribution in [-0.2, 0) is 14.4 Å². The van der Waals surface area contributed by atoms with Crippen molar-refractivity contribution in [3.63, 3.8) is 0 Å². The molecule has 6 heteroatoms. The Hall–Kier alpha value is -1.59. The molecule has 0 heterocycles. The molecule has 0 aromatic carbocycles. The lowest BCUT2D eigenvalue weighted by molar-refractivity contribution is -0.138. The Kier molecular flexibility index (Phi) is 30.1. The number of carboxylic acid groups (broad SMARTS) is 1. The third-order valence-electron chi connectivity index (χ3n) is 8.14. The van der Waals surface area contributed by atoms with E-state index in [1.54, 1.807) is 0 Å². The Morgan fingerprint density at radius 1 is 0.512 bits per heavy atom. The van der Waals surface area contributed by atoms with Crippen molar-refractivity contribution in [3.8, 4) is 0 Å². The van der Waals surface area contributed by atoms with Crippen molar-refractivity contribution in [2.75, 3.05) is 6.54 Å². The molecule has 0 aliphatic heterocycles. The van der Waals surface area contributed by atoms with E-state index in [-0.39, 0.29) is 24.7 Å². The SMILES string of the molecule is CCCCCCCCCCCCCCCCCCNC(=O)C(CCC(=O)O)NC(=O)CCCCCCCCCCC. The molecule has 0 aliphatic carbocycles. The molecule has 0 aliphatic rings. The zero-order valence-electron chi connectivity index (χ0n) is 27.3. The summed E-state index contributed by atoms with van der Waals surface area (Å²) in [7, 11) is 0.